The van der Waals surface area contributed by atoms with E-state index in [0.29, 0.717) is 18.8 Å². The van der Waals surface area contributed by atoms with Gasteiger partial charge >= 0.3 is 0 Å². The molecule has 5 nitrogen and oxygen atoms in total. The molecule has 4 rings (SSSR count). The van der Waals surface area contributed by atoms with Gasteiger partial charge in [-0.1, -0.05) is 12.1 Å². The van der Waals surface area contributed by atoms with E-state index in [1.165, 1.54) is 0 Å². The Hall–Kier alpha value is -2.74. The number of para-hydroxylation sites is 1. The van der Waals surface area contributed by atoms with Gasteiger partial charge in [0.2, 0.25) is 0 Å². The molecule has 0 N–H and O–H groups in total. The van der Waals surface area contributed by atoms with Crippen molar-refractivity contribution in [3.8, 4) is 17.6 Å². The third kappa shape index (κ3) is 2.36. The highest BCUT2D eigenvalue weighted by molar-refractivity contribution is 5.58. The monoisotopic (exact) mass is 307 g/mol. The van der Waals surface area contributed by atoms with E-state index in [4.69, 9.17) is 9.47 Å². The van der Waals surface area contributed by atoms with Crippen molar-refractivity contribution >= 4 is 5.82 Å². The molecule has 1 saturated heterocycles. The fourth-order valence-corrected chi connectivity index (χ4v) is 3.42. The number of fused-ring (bicyclic) bond motifs is 1. The van der Waals surface area contributed by atoms with Crippen LogP contribution in [-0.4, -0.2) is 24.7 Å². The predicted molar refractivity (Wildman–Crippen MR) is 85.7 cm³/mol. The quantitative estimate of drug-likeness (QED) is 0.853. The molecule has 23 heavy (non-hydrogen) atoms. The smallest absolute Gasteiger partial charge is 0.166 e. The Balaban J connectivity index is 1.76. The lowest BCUT2D eigenvalue weighted by Gasteiger charge is -2.30. The summed E-state index contributed by atoms with van der Waals surface area (Å²) in [5.41, 5.74) is 1.73. The highest BCUT2D eigenvalue weighted by atomic mass is 16.6. The third-order valence-electron chi connectivity index (χ3n) is 4.39. The number of pyridine rings is 1. The van der Waals surface area contributed by atoms with Gasteiger partial charge in [0.15, 0.2) is 11.5 Å². The van der Waals surface area contributed by atoms with Crippen LogP contribution in [0.3, 0.4) is 0 Å². The van der Waals surface area contributed by atoms with Crippen molar-refractivity contribution in [1.82, 2.24) is 4.98 Å². The van der Waals surface area contributed by atoms with Crippen LogP contribution in [0.15, 0.2) is 36.5 Å². The van der Waals surface area contributed by atoms with E-state index in [1.807, 2.05) is 18.2 Å². The molecule has 5 heteroatoms. The van der Waals surface area contributed by atoms with Crippen LogP contribution < -0.4 is 14.4 Å². The molecule has 0 spiro atoms. The summed E-state index contributed by atoms with van der Waals surface area (Å²) in [5.74, 6) is 2.40. The van der Waals surface area contributed by atoms with E-state index < -0.39 is 0 Å². The summed E-state index contributed by atoms with van der Waals surface area (Å²) in [7, 11) is 0. The molecule has 0 bridgehead atoms. The Morgan fingerprint density at radius 2 is 2.09 bits per heavy atom. The van der Waals surface area contributed by atoms with Crippen LogP contribution in [0, 0.1) is 11.3 Å². The van der Waals surface area contributed by atoms with Crippen LogP contribution in [0.5, 0.6) is 11.5 Å². The first-order valence-electron chi connectivity index (χ1n) is 7.89. The summed E-state index contributed by atoms with van der Waals surface area (Å²) in [4.78, 5) is 6.67. The van der Waals surface area contributed by atoms with Gasteiger partial charge in [-0.15, -0.1) is 0 Å². The van der Waals surface area contributed by atoms with Crippen LogP contribution in [0.25, 0.3) is 0 Å². The van der Waals surface area contributed by atoms with Crippen molar-refractivity contribution in [1.29, 1.82) is 5.26 Å². The summed E-state index contributed by atoms with van der Waals surface area (Å²) in [6, 6.07) is 12.1. The van der Waals surface area contributed by atoms with Crippen LogP contribution in [0.1, 0.15) is 30.0 Å². The fraction of sp³-hybridized carbons (Fsp3) is 0.333. The number of hydrogen-bond acceptors (Lipinski definition) is 5. The summed E-state index contributed by atoms with van der Waals surface area (Å²) in [6.45, 7) is 2.05. The Labute approximate surface area is 135 Å². The van der Waals surface area contributed by atoms with Crippen molar-refractivity contribution in [2.75, 3.05) is 24.7 Å². The molecule has 3 heterocycles. The Morgan fingerprint density at radius 3 is 3.00 bits per heavy atom. The lowest BCUT2D eigenvalue weighted by molar-refractivity contribution is 0.169. The standard InChI is InChI=1S/C18H17N3O2/c19-12-13-4-2-8-20-18(13)21-9-3-6-15(21)14-5-1-7-16-17(14)23-11-10-22-16/h1-2,4-5,7-8,15H,3,6,9-11H2/t15-/m0/s1. The number of benzene rings is 1. The average molecular weight is 307 g/mol. The maximum Gasteiger partial charge on any atom is 0.166 e. The van der Waals surface area contributed by atoms with Gasteiger partial charge in [0.05, 0.1) is 11.6 Å². The molecule has 2 aromatic rings. The second kappa shape index (κ2) is 5.81. The molecule has 2 aliphatic rings. The van der Waals surface area contributed by atoms with Gasteiger partial charge in [-0.05, 0) is 31.0 Å². The van der Waals surface area contributed by atoms with E-state index in [1.54, 1.807) is 12.3 Å². The number of ether oxygens (including phenoxy) is 2. The fourth-order valence-electron chi connectivity index (χ4n) is 3.42. The number of nitrogens with zero attached hydrogens (tertiary/aromatic N) is 3. The van der Waals surface area contributed by atoms with E-state index in [-0.39, 0.29) is 6.04 Å². The molecule has 0 radical (unpaired) electrons. The number of nitriles is 1. The molecule has 1 fully saturated rings. The molecule has 116 valence electrons. The maximum absolute atomic E-state index is 9.37. The molecule has 0 saturated carbocycles. The molecule has 1 aromatic heterocycles. The van der Waals surface area contributed by atoms with Gasteiger partial charge in [0, 0.05) is 18.3 Å². The zero-order valence-electron chi connectivity index (χ0n) is 12.7. The van der Waals surface area contributed by atoms with Crippen molar-refractivity contribution < 1.29 is 9.47 Å². The van der Waals surface area contributed by atoms with Crippen LogP contribution in [0.2, 0.25) is 0 Å². The first kappa shape index (κ1) is 13.9. The largest absolute Gasteiger partial charge is 0.486 e. The van der Waals surface area contributed by atoms with E-state index in [9.17, 15) is 5.26 Å². The highest BCUT2D eigenvalue weighted by Gasteiger charge is 2.32. The van der Waals surface area contributed by atoms with Gasteiger partial charge in [-0.3, -0.25) is 0 Å². The number of rotatable bonds is 2. The second-order valence-corrected chi connectivity index (χ2v) is 5.71. The van der Waals surface area contributed by atoms with Crippen molar-refractivity contribution in [2.24, 2.45) is 0 Å². The topological polar surface area (TPSA) is 58.4 Å². The first-order chi connectivity index (χ1) is 11.4. The van der Waals surface area contributed by atoms with Crippen LogP contribution >= 0.6 is 0 Å². The summed E-state index contributed by atoms with van der Waals surface area (Å²) < 4.78 is 11.6. The second-order valence-electron chi connectivity index (χ2n) is 5.71. The van der Waals surface area contributed by atoms with Crippen molar-refractivity contribution in [3.63, 3.8) is 0 Å². The Bertz CT molecular complexity index is 769. The number of hydrogen-bond donors (Lipinski definition) is 0. The zero-order valence-corrected chi connectivity index (χ0v) is 12.7. The van der Waals surface area contributed by atoms with E-state index in [2.05, 4.69) is 22.0 Å². The lowest BCUT2D eigenvalue weighted by Crippen LogP contribution is -2.26. The Morgan fingerprint density at radius 1 is 1.17 bits per heavy atom. The minimum atomic E-state index is 0.161. The van der Waals surface area contributed by atoms with Crippen molar-refractivity contribution in [3.05, 3.63) is 47.7 Å². The Kier molecular flexibility index (Phi) is 3.51. The number of aromatic nitrogens is 1. The minimum absolute atomic E-state index is 0.161. The average Bonchev–Trinajstić information content (AvgIpc) is 3.10. The van der Waals surface area contributed by atoms with Gasteiger partial charge in [0.25, 0.3) is 0 Å². The van der Waals surface area contributed by atoms with E-state index >= 15 is 0 Å². The molecule has 1 atom stereocenters. The van der Waals surface area contributed by atoms with Gasteiger partial charge < -0.3 is 14.4 Å². The summed E-state index contributed by atoms with van der Waals surface area (Å²) in [5, 5.41) is 9.37. The summed E-state index contributed by atoms with van der Waals surface area (Å²) >= 11 is 0. The highest BCUT2D eigenvalue weighted by Crippen LogP contribution is 2.44. The molecule has 0 unspecified atom stereocenters. The molecular weight excluding hydrogens is 290 g/mol. The van der Waals surface area contributed by atoms with Crippen LogP contribution in [-0.2, 0) is 0 Å². The van der Waals surface area contributed by atoms with E-state index in [0.717, 1.165) is 42.3 Å². The minimum Gasteiger partial charge on any atom is -0.486 e. The normalized spacial score (nSPS) is 19.4. The first-order valence-corrected chi connectivity index (χ1v) is 7.89. The maximum atomic E-state index is 9.37. The zero-order chi connectivity index (χ0) is 15.6. The van der Waals surface area contributed by atoms with Gasteiger partial charge in [-0.25, -0.2) is 4.98 Å². The summed E-state index contributed by atoms with van der Waals surface area (Å²) in [6.07, 6.45) is 3.82. The molecular formula is C18H17N3O2. The SMILES string of the molecule is N#Cc1cccnc1N1CCC[C@H]1c1cccc2c1OCCO2. The molecule has 0 aliphatic carbocycles. The molecule has 2 aliphatic heterocycles. The van der Waals surface area contributed by atoms with Crippen LogP contribution in [0.4, 0.5) is 5.82 Å². The molecule has 0 amide bonds. The predicted octanol–water partition coefficient (Wildman–Crippen LogP) is 3.07. The number of anilines is 1. The van der Waals surface area contributed by atoms with Gasteiger partial charge in [-0.2, -0.15) is 5.26 Å². The van der Waals surface area contributed by atoms with Crippen molar-refractivity contribution in [2.45, 2.75) is 18.9 Å². The molecule has 1 aromatic carbocycles. The third-order valence-corrected chi connectivity index (χ3v) is 4.39. The lowest BCUT2D eigenvalue weighted by atomic mass is 10.0. The van der Waals surface area contributed by atoms with Gasteiger partial charge in [0.1, 0.15) is 25.1 Å².